The van der Waals surface area contributed by atoms with E-state index in [1.54, 1.807) is 6.92 Å². The van der Waals surface area contributed by atoms with Crippen LogP contribution in [-0.4, -0.2) is 32.6 Å². The van der Waals surface area contributed by atoms with Gasteiger partial charge in [-0.3, -0.25) is 4.79 Å². The van der Waals surface area contributed by atoms with Gasteiger partial charge in [-0.1, -0.05) is 20.8 Å². The molecule has 16 heavy (non-hydrogen) atoms. The van der Waals surface area contributed by atoms with Gasteiger partial charge in [-0.25, -0.2) is 9.44 Å². The fourth-order valence-electron chi connectivity index (χ4n) is 0.944. The molecule has 6 nitrogen and oxygen atoms in total. The molecule has 3 N–H and O–H groups in total. The molecule has 0 saturated carbocycles. The predicted molar refractivity (Wildman–Crippen MR) is 61.2 cm³/mol. The third kappa shape index (κ3) is 6.76. The summed E-state index contributed by atoms with van der Waals surface area (Å²) in [5.74, 6) is -1.47. The lowest BCUT2D eigenvalue weighted by atomic mass is 10.1. The van der Waals surface area contributed by atoms with Crippen molar-refractivity contribution in [1.82, 2.24) is 9.44 Å². The second kappa shape index (κ2) is 6.82. The third-order valence-corrected chi connectivity index (χ3v) is 3.14. The molecular weight excluding hydrogens is 232 g/mol. The van der Waals surface area contributed by atoms with Gasteiger partial charge < -0.3 is 5.11 Å². The Balaban J connectivity index is 4.12. The summed E-state index contributed by atoms with van der Waals surface area (Å²) in [5, 5.41) is 8.73. The van der Waals surface area contributed by atoms with E-state index >= 15 is 0 Å². The first-order valence-electron chi connectivity index (χ1n) is 5.25. The van der Waals surface area contributed by atoms with Crippen molar-refractivity contribution in [3.8, 4) is 0 Å². The van der Waals surface area contributed by atoms with Gasteiger partial charge in [0.15, 0.2) is 0 Å². The number of hydrogen-bond donors (Lipinski definition) is 3. The number of carboxylic acid groups (broad SMARTS) is 1. The Kier molecular flexibility index (Phi) is 6.54. The average Bonchev–Trinajstić information content (AvgIpc) is 2.15. The minimum absolute atomic E-state index is 0.0841. The smallest absolute Gasteiger partial charge is 0.307 e. The first kappa shape index (κ1) is 15.3. The fourth-order valence-corrected chi connectivity index (χ4v) is 2.02. The van der Waals surface area contributed by atoms with E-state index in [-0.39, 0.29) is 12.5 Å². The van der Waals surface area contributed by atoms with E-state index in [0.717, 1.165) is 0 Å². The van der Waals surface area contributed by atoms with Crippen LogP contribution in [0.3, 0.4) is 0 Å². The Morgan fingerprint density at radius 2 is 1.75 bits per heavy atom. The van der Waals surface area contributed by atoms with Crippen LogP contribution in [-0.2, 0) is 15.0 Å². The second-order valence-corrected chi connectivity index (χ2v) is 5.62. The minimum atomic E-state index is -3.58. The van der Waals surface area contributed by atoms with Gasteiger partial charge in [-0.15, -0.1) is 0 Å². The van der Waals surface area contributed by atoms with Crippen molar-refractivity contribution in [2.45, 2.75) is 27.2 Å². The molecule has 0 fully saturated rings. The zero-order valence-electron chi connectivity index (χ0n) is 9.86. The zero-order chi connectivity index (χ0) is 12.8. The van der Waals surface area contributed by atoms with Crippen molar-refractivity contribution < 1.29 is 18.3 Å². The maximum Gasteiger partial charge on any atom is 0.307 e. The van der Waals surface area contributed by atoms with Gasteiger partial charge in [0.2, 0.25) is 0 Å². The van der Waals surface area contributed by atoms with Gasteiger partial charge in [0.25, 0.3) is 10.2 Å². The molecule has 0 aliphatic rings. The molecule has 0 radical (unpaired) electrons. The number of rotatable bonds is 8. The second-order valence-electron chi connectivity index (χ2n) is 4.04. The van der Waals surface area contributed by atoms with E-state index in [2.05, 4.69) is 9.44 Å². The molecule has 1 atom stereocenters. The standard InChI is InChI=1S/C9H20N2O4S/c1-4-8(9(12)13)6-11-16(14,15)10-5-7(2)3/h7-8,10-11H,4-6H2,1-3H3,(H,12,13). The van der Waals surface area contributed by atoms with Gasteiger partial charge in [-0.05, 0) is 12.3 Å². The summed E-state index contributed by atoms with van der Waals surface area (Å²) in [6.45, 7) is 5.72. The van der Waals surface area contributed by atoms with Crippen LogP contribution < -0.4 is 9.44 Å². The highest BCUT2D eigenvalue weighted by Crippen LogP contribution is 2.01. The van der Waals surface area contributed by atoms with E-state index < -0.39 is 22.1 Å². The normalized spacial score (nSPS) is 14.0. The molecular formula is C9H20N2O4S. The van der Waals surface area contributed by atoms with Crippen molar-refractivity contribution in [2.75, 3.05) is 13.1 Å². The zero-order valence-corrected chi connectivity index (χ0v) is 10.7. The molecule has 0 amide bonds. The van der Waals surface area contributed by atoms with Crippen LogP contribution >= 0.6 is 0 Å². The Hall–Kier alpha value is -0.660. The van der Waals surface area contributed by atoms with Crippen LogP contribution in [0.1, 0.15) is 27.2 Å². The Morgan fingerprint density at radius 1 is 1.25 bits per heavy atom. The van der Waals surface area contributed by atoms with Gasteiger partial charge >= 0.3 is 5.97 Å². The molecule has 0 saturated heterocycles. The Bertz CT molecular complexity index is 313. The number of carboxylic acids is 1. The highest BCUT2D eigenvalue weighted by Gasteiger charge is 2.18. The molecule has 0 aliphatic carbocycles. The van der Waals surface area contributed by atoms with Crippen LogP contribution in [0.5, 0.6) is 0 Å². The van der Waals surface area contributed by atoms with E-state index in [1.807, 2.05) is 13.8 Å². The van der Waals surface area contributed by atoms with E-state index in [9.17, 15) is 13.2 Å². The summed E-state index contributed by atoms with van der Waals surface area (Å²) in [7, 11) is -3.58. The van der Waals surface area contributed by atoms with Crippen LogP contribution in [0.15, 0.2) is 0 Å². The van der Waals surface area contributed by atoms with Crippen LogP contribution in [0.4, 0.5) is 0 Å². The molecule has 1 unspecified atom stereocenters. The lowest BCUT2D eigenvalue weighted by Gasteiger charge is -2.13. The third-order valence-electron chi connectivity index (χ3n) is 2.04. The maximum atomic E-state index is 11.4. The van der Waals surface area contributed by atoms with Crippen LogP contribution in [0.2, 0.25) is 0 Å². The van der Waals surface area contributed by atoms with E-state index in [0.29, 0.717) is 13.0 Å². The molecule has 0 heterocycles. The number of nitrogens with one attached hydrogen (secondary N) is 2. The predicted octanol–water partition coefficient (Wildman–Crippen LogP) is 0.177. The maximum absolute atomic E-state index is 11.4. The van der Waals surface area contributed by atoms with Gasteiger partial charge in [0.1, 0.15) is 0 Å². The van der Waals surface area contributed by atoms with Gasteiger partial charge in [0.05, 0.1) is 5.92 Å². The quantitative estimate of drug-likeness (QED) is 0.574. The monoisotopic (exact) mass is 252 g/mol. The first-order valence-corrected chi connectivity index (χ1v) is 6.73. The summed E-state index contributed by atoms with van der Waals surface area (Å²) in [6.07, 6.45) is 0.391. The fraction of sp³-hybridized carbons (Fsp3) is 0.889. The molecule has 96 valence electrons. The van der Waals surface area contributed by atoms with E-state index in [1.165, 1.54) is 0 Å². The number of carbonyl (C=O) groups is 1. The van der Waals surface area contributed by atoms with Crippen molar-refractivity contribution in [1.29, 1.82) is 0 Å². The highest BCUT2D eigenvalue weighted by molar-refractivity contribution is 7.87. The highest BCUT2D eigenvalue weighted by atomic mass is 32.2. The van der Waals surface area contributed by atoms with Crippen molar-refractivity contribution >= 4 is 16.2 Å². The SMILES string of the molecule is CCC(CNS(=O)(=O)NCC(C)C)C(=O)O. The lowest BCUT2D eigenvalue weighted by molar-refractivity contribution is -0.141. The lowest BCUT2D eigenvalue weighted by Crippen LogP contribution is -2.41. The minimum Gasteiger partial charge on any atom is -0.481 e. The summed E-state index contributed by atoms with van der Waals surface area (Å²) in [6, 6.07) is 0. The van der Waals surface area contributed by atoms with Crippen LogP contribution in [0.25, 0.3) is 0 Å². The van der Waals surface area contributed by atoms with E-state index in [4.69, 9.17) is 5.11 Å². The van der Waals surface area contributed by atoms with Crippen molar-refractivity contribution in [3.05, 3.63) is 0 Å². The molecule has 0 rings (SSSR count). The van der Waals surface area contributed by atoms with Gasteiger partial charge in [-0.2, -0.15) is 8.42 Å². The summed E-state index contributed by atoms with van der Waals surface area (Å²) in [5.41, 5.74) is 0. The molecule has 7 heteroatoms. The summed E-state index contributed by atoms with van der Waals surface area (Å²) < 4.78 is 27.3. The summed E-state index contributed by atoms with van der Waals surface area (Å²) >= 11 is 0. The molecule has 0 aromatic heterocycles. The molecule has 0 aromatic carbocycles. The van der Waals surface area contributed by atoms with Crippen molar-refractivity contribution in [2.24, 2.45) is 11.8 Å². The van der Waals surface area contributed by atoms with Gasteiger partial charge in [0, 0.05) is 13.1 Å². The Labute approximate surface area is 96.6 Å². The molecule has 0 aliphatic heterocycles. The summed E-state index contributed by atoms with van der Waals surface area (Å²) in [4.78, 5) is 10.7. The average molecular weight is 252 g/mol. The van der Waals surface area contributed by atoms with Crippen molar-refractivity contribution in [3.63, 3.8) is 0 Å². The number of hydrogen-bond acceptors (Lipinski definition) is 3. The molecule has 0 aromatic rings. The Morgan fingerprint density at radius 3 is 2.12 bits per heavy atom. The van der Waals surface area contributed by atoms with Crippen LogP contribution in [0, 0.1) is 11.8 Å². The molecule has 0 bridgehead atoms. The first-order chi connectivity index (χ1) is 7.28. The number of aliphatic carboxylic acids is 1. The topological polar surface area (TPSA) is 95.5 Å². The largest absolute Gasteiger partial charge is 0.481 e. The molecule has 0 spiro atoms.